The Morgan fingerprint density at radius 3 is 2.53 bits per heavy atom. The van der Waals surface area contributed by atoms with E-state index in [0.717, 1.165) is 5.56 Å². The highest BCUT2D eigenvalue weighted by Gasteiger charge is 2.58. The monoisotopic (exact) mass is 419 g/mol. The zero-order valence-electron chi connectivity index (χ0n) is 18.1. The third-order valence-electron chi connectivity index (χ3n) is 5.70. The number of aliphatic hydroxyl groups excluding tert-OH is 1. The fraction of sp³-hybridized carbons (Fsp3) is 0.609. The highest BCUT2D eigenvalue weighted by Crippen LogP contribution is 2.32. The molecule has 2 amide bonds. The number of ether oxygens (including phenoxy) is 1. The molecule has 1 aliphatic rings. The summed E-state index contributed by atoms with van der Waals surface area (Å²) in [6.07, 6.45) is 2.52. The normalized spacial score (nSPS) is 22.1. The van der Waals surface area contributed by atoms with Gasteiger partial charge in [-0.15, -0.1) is 0 Å². The number of hydrogen-bond acceptors (Lipinski definition) is 6. The molecular weight excluding hydrogens is 384 g/mol. The molecule has 1 aromatic carbocycles. The van der Waals surface area contributed by atoms with Crippen LogP contribution in [0.25, 0.3) is 0 Å². The Hall–Kier alpha value is -2.09. The second-order valence-corrected chi connectivity index (χ2v) is 8.49. The van der Waals surface area contributed by atoms with E-state index in [1.165, 1.54) is 0 Å². The van der Waals surface area contributed by atoms with Crippen LogP contribution in [0, 0.1) is 5.92 Å². The van der Waals surface area contributed by atoms with Gasteiger partial charge in [0, 0.05) is 19.4 Å². The number of carbonyl (C=O) groups is 3. The highest BCUT2D eigenvalue weighted by atomic mass is 16.5. The molecule has 166 valence electrons. The largest absolute Gasteiger partial charge is 0.456 e. The second kappa shape index (κ2) is 11.3. The van der Waals surface area contributed by atoms with Gasteiger partial charge in [0.15, 0.2) is 0 Å². The molecule has 1 fully saturated rings. The fourth-order valence-electron chi connectivity index (χ4n) is 4.21. The maximum absolute atomic E-state index is 13.4. The first kappa shape index (κ1) is 24.2. The number of likely N-dealkylation sites (tertiary alicyclic amines) is 1. The predicted molar refractivity (Wildman–Crippen MR) is 113 cm³/mol. The van der Waals surface area contributed by atoms with Crippen molar-refractivity contribution in [2.24, 2.45) is 11.7 Å². The first-order chi connectivity index (χ1) is 14.3. The van der Waals surface area contributed by atoms with Gasteiger partial charge < -0.3 is 15.6 Å². The Morgan fingerprint density at radius 2 is 1.90 bits per heavy atom. The van der Waals surface area contributed by atoms with Gasteiger partial charge in [-0.1, -0.05) is 44.2 Å². The topological polar surface area (TPSA) is 107 Å². The quantitative estimate of drug-likeness (QED) is 0.342. The Morgan fingerprint density at radius 1 is 1.20 bits per heavy atom. The Labute approximate surface area is 178 Å². The van der Waals surface area contributed by atoms with Crippen molar-refractivity contribution in [2.75, 3.05) is 13.2 Å². The summed E-state index contributed by atoms with van der Waals surface area (Å²) >= 11 is 0. The van der Waals surface area contributed by atoms with Gasteiger partial charge in [-0.25, -0.2) is 14.4 Å². The molecule has 1 unspecified atom stereocenters. The van der Waals surface area contributed by atoms with Gasteiger partial charge in [0.25, 0.3) is 0 Å². The minimum absolute atomic E-state index is 0.0172. The number of benzene rings is 1. The van der Waals surface area contributed by atoms with Crippen LogP contribution >= 0.6 is 0 Å². The van der Waals surface area contributed by atoms with Gasteiger partial charge in [-0.3, -0.25) is 0 Å². The van der Waals surface area contributed by atoms with E-state index in [4.69, 9.17) is 15.6 Å². The molecule has 3 N–H and O–H groups in total. The van der Waals surface area contributed by atoms with Crippen LogP contribution in [0.2, 0.25) is 0 Å². The van der Waals surface area contributed by atoms with Crippen molar-refractivity contribution in [3.8, 4) is 0 Å². The van der Waals surface area contributed by atoms with Crippen LogP contribution in [0.5, 0.6) is 0 Å². The fourth-order valence-corrected chi connectivity index (χ4v) is 4.21. The first-order valence-electron chi connectivity index (χ1n) is 10.9. The van der Waals surface area contributed by atoms with Crippen LogP contribution in [0.4, 0.5) is 0 Å². The van der Waals surface area contributed by atoms with Crippen LogP contribution in [0.1, 0.15) is 57.9 Å². The number of carbonyl (C=O) groups excluding carboxylic acids is 3. The van der Waals surface area contributed by atoms with E-state index in [2.05, 4.69) is 0 Å². The van der Waals surface area contributed by atoms with Crippen molar-refractivity contribution < 1.29 is 28.7 Å². The van der Waals surface area contributed by atoms with Gasteiger partial charge in [0.2, 0.25) is 6.04 Å². The van der Waals surface area contributed by atoms with E-state index >= 15 is 0 Å². The third-order valence-corrected chi connectivity index (χ3v) is 5.70. The predicted octanol–water partition coefficient (Wildman–Crippen LogP) is 2.30. The average Bonchev–Trinajstić information content (AvgIpc) is 3.18. The summed E-state index contributed by atoms with van der Waals surface area (Å²) in [7, 11) is 0. The van der Waals surface area contributed by atoms with Crippen molar-refractivity contribution in [3.05, 3.63) is 35.9 Å². The Balaban J connectivity index is 2.24. The molecule has 3 atom stereocenters. The number of nitrogens with zero attached hydrogens (tertiary/aromatic N) is 1. The van der Waals surface area contributed by atoms with E-state index in [1.807, 2.05) is 44.2 Å². The number of nitrogens with two attached hydrogens (primary N) is 1. The van der Waals surface area contributed by atoms with E-state index in [0.29, 0.717) is 32.1 Å². The molecule has 30 heavy (non-hydrogen) atoms. The molecule has 7 nitrogen and oxygen atoms in total. The number of quaternary nitrogens is 1. The summed E-state index contributed by atoms with van der Waals surface area (Å²) in [5.41, 5.74) is 7.04. The molecule has 0 bridgehead atoms. The highest BCUT2D eigenvalue weighted by molar-refractivity contribution is 5.91. The van der Waals surface area contributed by atoms with Crippen molar-refractivity contribution in [3.63, 3.8) is 0 Å². The standard InChI is InChI=1S/C23H35N2O5/c1-17(2)15-19(24)22(28)25(21(27)12-6-7-14-26)13-8-11-20(25)23(29)30-16-18-9-4-3-5-10-18/h3-5,9-10,17,19-20,26H,6-8,11-16,24H2,1-2H3/q+1/t19-,20-,25?/m0/s1. The maximum Gasteiger partial charge on any atom is 0.366 e. The molecule has 1 aliphatic heterocycles. The minimum Gasteiger partial charge on any atom is -0.456 e. The number of aliphatic hydroxyl groups is 1. The second-order valence-electron chi connectivity index (χ2n) is 8.49. The number of rotatable bonds is 10. The lowest BCUT2D eigenvalue weighted by Gasteiger charge is -2.35. The molecule has 1 aromatic rings. The van der Waals surface area contributed by atoms with Crippen LogP contribution in [-0.4, -0.2) is 52.6 Å². The molecular formula is C23H35N2O5+. The number of esters is 1. The van der Waals surface area contributed by atoms with Crippen LogP contribution in [-0.2, 0) is 25.7 Å². The Kier molecular flexibility index (Phi) is 9.14. The van der Waals surface area contributed by atoms with Gasteiger partial charge in [-0.2, -0.15) is 4.48 Å². The van der Waals surface area contributed by atoms with Crippen molar-refractivity contribution >= 4 is 17.8 Å². The zero-order chi connectivity index (χ0) is 22.1. The molecule has 1 heterocycles. The van der Waals surface area contributed by atoms with Crippen LogP contribution in [0.3, 0.4) is 0 Å². The molecule has 1 saturated heterocycles. The van der Waals surface area contributed by atoms with Crippen LogP contribution < -0.4 is 5.73 Å². The molecule has 2 rings (SSSR count). The summed E-state index contributed by atoms with van der Waals surface area (Å²) < 4.78 is 4.97. The minimum atomic E-state index is -0.860. The smallest absolute Gasteiger partial charge is 0.366 e. The molecule has 7 heteroatoms. The molecule has 0 aliphatic carbocycles. The van der Waals surface area contributed by atoms with E-state index in [9.17, 15) is 14.4 Å². The summed E-state index contributed by atoms with van der Waals surface area (Å²) in [5, 5.41) is 9.05. The van der Waals surface area contributed by atoms with E-state index < -0.39 is 28.4 Å². The lowest BCUT2D eigenvalue weighted by atomic mass is 10.0. The lowest BCUT2D eigenvalue weighted by Crippen LogP contribution is -2.66. The number of imide groups is 1. The number of unbranched alkanes of at least 4 members (excludes halogenated alkanes) is 1. The van der Waals surface area contributed by atoms with Crippen molar-refractivity contribution in [1.29, 1.82) is 0 Å². The van der Waals surface area contributed by atoms with Crippen molar-refractivity contribution in [1.82, 2.24) is 0 Å². The average molecular weight is 420 g/mol. The molecule has 0 aromatic heterocycles. The van der Waals surface area contributed by atoms with Crippen LogP contribution in [0.15, 0.2) is 30.3 Å². The van der Waals surface area contributed by atoms with E-state index in [1.54, 1.807) is 0 Å². The van der Waals surface area contributed by atoms with Gasteiger partial charge >= 0.3 is 17.8 Å². The summed E-state index contributed by atoms with van der Waals surface area (Å²) in [6.45, 7) is 4.29. The molecule has 0 saturated carbocycles. The zero-order valence-corrected chi connectivity index (χ0v) is 18.1. The number of amides is 2. The van der Waals surface area contributed by atoms with Gasteiger partial charge in [0.1, 0.15) is 12.6 Å². The summed E-state index contributed by atoms with van der Waals surface area (Å²) in [6, 6.07) is 7.64. The third kappa shape index (κ3) is 5.74. The molecule has 0 radical (unpaired) electrons. The first-order valence-corrected chi connectivity index (χ1v) is 10.9. The molecule has 0 spiro atoms. The van der Waals surface area contributed by atoms with Gasteiger partial charge in [-0.05, 0) is 30.7 Å². The Bertz CT molecular complexity index is 722. The SMILES string of the molecule is CC(C)C[C@H](N)C(=O)[N+]1(C(=O)CCCCO)CCC[C@H]1C(=O)OCc1ccccc1. The maximum atomic E-state index is 13.4. The summed E-state index contributed by atoms with van der Waals surface area (Å²) in [4.78, 5) is 39.7. The summed E-state index contributed by atoms with van der Waals surface area (Å²) in [5.74, 6) is -1.03. The van der Waals surface area contributed by atoms with Gasteiger partial charge in [0.05, 0.1) is 13.0 Å². The lowest BCUT2D eigenvalue weighted by molar-refractivity contribution is -0.784. The number of hydrogen-bond donors (Lipinski definition) is 2. The van der Waals surface area contributed by atoms with Crippen molar-refractivity contribution in [2.45, 2.75) is 71.1 Å². The van der Waals surface area contributed by atoms with E-state index in [-0.39, 0.29) is 38.0 Å².